The van der Waals surface area contributed by atoms with Crippen LogP contribution in [-0.2, 0) is 10.0 Å². The van der Waals surface area contributed by atoms with Crippen molar-refractivity contribution in [2.45, 2.75) is 37.6 Å². The van der Waals surface area contributed by atoms with Crippen LogP contribution in [0.5, 0.6) is 5.75 Å². The molecule has 0 saturated carbocycles. The molecule has 0 bridgehead atoms. The highest BCUT2D eigenvalue weighted by Crippen LogP contribution is 2.31. The minimum Gasteiger partial charge on any atom is -0.496 e. The van der Waals surface area contributed by atoms with E-state index < -0.39 is 16.1 Å². The Morgan fingerprint density at radius 1 is 1.15 bits per heavy atom. The van der Waals surface area contributed by atoms with Gasteiger partial charge in [0, 0.05) is 12.6 Å². The van der Waals surface area contributed by atoms with Gasteiger partial charge in [0.2, 0.25) is 10.0 Å². The fraction of sp³-hybridized carbons (Fsp3) is 0.368. The van der Waals surface area contributed by atoms with Gasteiger partial charge in [0.1, 0.15) is 5.75 Å². The summed E-state index contributed by atoms with van der Waals surface area (Å²) in [5.74, 6) is 0.850. The Morgan fingerprint density at radius 3 is 2.31 bits per heavy atom. The van der Waals surface area contributed by atoms with Crippen molar-refractivity contribution < 1.29 is 13.2 Å². The molecular formula is C19H27ClN2O3S. The van der Waals surface area contributed by atoms with Crippen molar-refractivity contribution in [3.05, 3.63) is 59.2 Å². The van der Waals surface area contributed by atoms with Crippen molar-refractivity contribution in [1.82, 2.24) is 4.72 Å². The van der Waals surface area contributed by atoms with E-state index in [-0.39, 0.29) is 29.8 Å². The highest BCUT2D eigenvalue weighted by Gasteiger charge is 2.21. The smallest absolute Gasteiger partial charge is 0.240 e. The Hall–Kier alpha value is -1.60. The van der Waals surface area contributed by atoms with Gasteiger partial charge < -0.3 is 10.5 Å². The van der Waals surface area contributed by atoms with Gasteiger partial charge in [-0.1, -0.05) is 44.2 Å². The second-order valence-corrected chi connectivity index (χ2v) is 8.12. The summed E-state index contributed by atoms with van der Waals surface area (Å²) in [5.41, 5.74) is 8.49. The third kappa shape index (κ3) is 5.20. The van der Waals surface area contributed by atoms with E-state index in [2.05, 4.69) is 4.72 Å². The monoisotopic (exact) mass is 398 g/mol. The van der Waals surface area contributed by atoms with E-state index in [1.807, 2.05) is 44.2 Å². The van der Waals surface area contributed by atoms with Crippen LogP contribution in [0.1, 0.15) is 42.5 Å². The average molecular weight is 399 g/mol. The first-order valence-electron chi connectivity index (χ1n) is 8.25. The Labute approximate surface area is 162 Å². The van der Waals surface area contributed by atoms with Crippen molar-refractivity contribution in [3.8, 4) is 5.75 Å². The van der Waals surface area contributed by atoms with Gasteiger partial charge in [0.15, 0.2) is 0 Å². The molecule has 0 amide bonds. The van der Waals surface area contributed by atoms with Crippen molar-refractivity contribution in [2.75, 3.05) is 13.7 Å². The van der Waals surface area contributed by atoms with Crippen LogP contribution in [-0.4, -0.2) is 22.1 Å². The fourth-order valence-corrected chi connectivity index (χ4v) is 4.01. The zero-order valence-corrected chi connectivity index (χ0v) is 17.2. The molecule has 0 fully saturated rings. The Kier molecular flexibility index (Phi) is 8.09. The van der Waals surface area contributed by atoms with Crippen LogP contribution in [0.15, 0.2) is 47.4 Å². The number of nitrogens with one attached hydrogen (secondary N) is 1. The van der Waals surface area contributed by atoms with Crippen LogP contribution in [0.2, 0.25) is 0 Å². The highest BCUT2D eigenvalue weighted by molar-refractivity contribution is 7.89. The standard InChI is InChI=1S/C19H26N2O3S.ClH/c1-13(2)16-11-19(14(3)10-18(16)24-4)25(22,23)21-12-17(20)15-8-6-5-7-9-15;/h5-11,13,17,21H,12,20H2,1-4H3;1H. The molecule has 0 heterocycles. The van der Waals surface area contributed by atoms with E-state index in [1.165, 1.54) is 0 Å². The Balaban J connectivity index is 0.00000338. The summed E-state index contributed by atoms with van der Waals surface area (Å²) in [6.07, 6.45) is 0. The molecule has 1 unspecified atom stereocenters. The van der Waals surface area contributed by atoms with Gasteiger partial charge in [0.05, 0.1) is 12.0 Å². The molecule has 0 aromatic heterocycles. The number of aryl methyl sites for hydroxylation is 1. The van der Waals surface area contributed by atoms with Crippen molar-refractivity contribution in [3.63, 3.8) is 0 Å². The van der Waals surface area contributed by atoms with Crippen molar-refractivity contribution in [1.29, 1.82) is 0 Å². The fourth-order valence-electron chi connectivity index (χ4n) is 2.69. The minimum absolute atomic E-state index is 0. The van der Waals surface area contributed by atoms with Crippen LogP contribution in [0.4, 0.5) is 0 Å². The van der Waals surface area contributed by atoms with Gasteiger partial charge >= 0.3 is 0 Å². The molecule has 0 aliphatic heterocycles. The summed E-state index contributed by atoms with van der Waals surface area (Å²) in [6, 6.07) is 12.5. The lowest BCUT2D eigenvalue weighted by molar-refractivity contribution is 0.406. The summed E-state index contributed by atoms with van der Waals surface area (Å²) in [6.45, 7) is 5.90. The maximum atomic E-state index is 12.8. The van der Waals surface area contributed by atoms with Gasteiger partial charge in [0.25, 0.3) is 0 Å². The van der Waals surface area contributed by atoms with E-state index >= 15 is 0 Å². The number of nitrogens with two attached hydrogens (primary N) is 1. The Bertz CT molecular complexity index is 824. The van der Waals surface area contributed by atoms with Crippen LogP contribution < -0.4 is 15.2 Å². The number of methoxy groups -OCH3 is 1. The molecule has 0 saturated heterocycles. The average Bonchev–Trinajstić information content (AvgIpc) is 2.59. The molecule has 0 aliphatic rings. The molecule has 3 N–H and O–H groups in total. The first-order valence-corrected chi connectivity index (χ1v) is 9.73. The van der Waals surface area contributed by atoms with Crippen molar-refractivity contribution >= 4 is 22.4 Å². The zero-order valence-electron chi connectivity index (χ0n) is 15.5. The van der Waals surface area contributed by atoms with Crippen LogP contribution in [0.25, 0.3) is 0 Å². The third-order valence-corrected chi connectivity index (χ3v) is 5.73. The molecule has 0 radical (unpaired) electrons. The molecule has 1 atom stereocenters. The second kappa shape index (κ2) is 9.37. The number of sulfonamides is 1. The first kappa shape index (κ1) is 22.4. The lowest BCUT2D eigenvalue weighted by Gasteiger charge is -2.18. The molecule has 26 heavy (non-hydrogen) atoms. The minimum atomic E-state index is -3.66. The second-order valence-electron chi connectivity index (χ2n) is 6.38. The molecule has 5 nitrogen and oxygen atoms in total. The third-order valence-electron chi connectivity index (χ3n) is 4.16. The van der Waals surface area contributed by atoms with E-state index in [9.17, 15) is 8.42 Å². The number of benzene rings is 2. The van der Waals surface area contributed by atoms with Crippen molar-refractivity contribution in [2.24, 2.45) is 5.73 Å². The number of rotatable bonds is 7. The lowest BCUT2D eigenvalue weighted by atomic mass is 10.0. The van der Waals surface area contributed by atoms with Gasteiger partial charge in [-0.25, -0.2) is 13.1 Å². The number of hydrogen-bond acceptors (Lipinski definition) is 4. The lowest BCUT2D eigenvalue weighted by Crippen LogP contribution is -2.32. The summed E-state index contributed by atoms with van der Waals surface area (Å²) < 4.78 is 33.5. The molecule has 7 heteroatoms. The maximum absolute atomic E-state index is 12.8. The maximum Gasteiger partial charge on any atom is 0.240 e. The highest BCUT2D eigenvalue weighted by atomic mass is 35.5. The summed E-state index contributed by atoms with van der Waals surface area (Å²) in [4.78, 5) is 0.261. The normalized spacial score (nSPS) is 12.5. The predicted molar refractivity (Wildman–Crippen MR) is 108 cm³/mol. The molecule has 0 aliphatic carbocycles. The van der Waals surface area contributed by atoms with E-state index in [4.69, 9.17) is 10.5 Å². The van der Waals surface area contributed by atoms with Gasteiger partial charge in [-0.15, -0.1) is 12.4 Å². The van der Waals surface area contributed by atoms with Crippen LogP contribution in [0.3, 0.4) is 0 Å². The van der Waals surface area contributed by atoms with E-state index in [0.717, 1.165) is 11.1 Å². The summed E-state index contributed by atoms with van der Waals surface area (Å²) in [5, 5.41) is 0. The Morgan fingerprint density at radius 2 is 1.77 bits per heavy atom. The summed E-state index contributed by atoms with van der Waals surface area (Å²) >= 11 is 0. The van der Waals surface area contributed by atoms with Crippen LogP contribution >= 0.6 is 12.4 Å². The number of hydrogen-bond donors (Lipinski definition) is 2. The zero-order chi connectivity index (χ0) is 18.6. The molecular weight excluding hydrogens is 372 g/mol. The molecule has 0 spiro atoms. The first-order chi connectivity index (χ1) is 11.8. The topological polar surface area (TPSA) is 81.4 Å². The largest absolute Gasteiger partial charge is 0.496 e. The SMILES string of the molecule is COc1cc(C)c(S(=O)(=O)NCC(N)c2ccccc2)cc1C(C)C.Cl. The van der Waals surface area contributed by atoms with E-state index in [1.54, 1.807) is 26.2 Å². The predicted octanol–water partition coefficient (Wildman–Crippen LogP) is 3.53. The van der Waals surface area contributed by atoms with Gasteiger partial charge in [-0.05, 0) is 41.7 Å². The van der Waals surface area contributed by atoms with Crippen LogP contribution in [0, 0.1) is 6.92 Å². The molecule has 144 valence electrons. The van der Waals surface area contributed by atoms with Gasteiger partial charge in [-0.2, -0.15) is 0 Å². The quantitative estimate of drug-likeness (QED) is 0.747. The van der Waals surface area contributed by atoms with E-state index in [0.29, 0.717) is 11.3 Å². The molecule has 2 rings (SSSR count). The number of halogens is 1. The molecule has 2 aromatic carbocycles. The van der Waals surface area contributed by atoms with Gasteiger partial charge in [-0.3, -0.25) is 0 Å². The summed E-state index contributed by atoms with van der Waals surface area (Å²) in [7, 11) is -2.07. The number of ether oxygens (including phenoxy) is 1. The molecule has 2 aromatic rings.